The lowest BCUT2D eigenvalue weighted by atomic mass is 9.88. The molecule has 0 bridgehead atoms. The van der Waals surface area contributed by atoms with Crippen molar-refractivity contribution in [3.05, 3.63) is 0 Å². The van der Waals surface area contributed by atoms with Crippen LogP contribution in [0, 0.1) is 11.3 Å². The average Bonchev–Trinajstić information content (AvgIpc) is 2.33. The molecule has 1 rings (SSSR count). The summed E-state index contributed by atoms with van der Waals surface area (Å²) >= 11 is 0. The van der Waals surface area contributed by atoms with Crippen molar-refractivity contribution >= 4 is 5.91 Å². The van der Waals surface area contributed by atoms with E-state index in [9.17, 15) is 4.79 Å². The first-order valence-electron chi connectivity index (χ1n) is 7.41. The van der Waals surface area contributed by atoms with Crippen molar-refractivity contribution in [2.75, 3.05) is 19.6 Å². The first-order chi connectivity index (χ1) is 8.38. The number of rotatable bonds is 4. The smallest absolute Gasteiger partial charge is 0.228 e. The highest BCUT2D eigenvalue weighted by Crippen LogP contribution is 2.25. The first kappa shape index (κ1) is 15.5. The van der Waals surface area contributed by atoms with Crippen molar-refractivity contribution in [3.63, 3.8) is 0 Å². The Kier molecular flexibility index (Phi) is 5.64. The SMILES string of the molecule is CCCNC1CC(CC)CN(C(=O)C(C)(C)C)C1. The van der Waals surface area contributed by atoms with Crippen molar-refractivity contribution in [2.24, 2.45) is 11.3 Å². The molecule has 1 N–H and O–H groups in total. The standard InChI is InChI=1S/C15H30N2O/c1-6-8-16-13-9-12(7-2)10-17(11-13)14(18)15(3,4)5/h12-13,16H,6-11H2,1-5H3. The molecule has 0 radical (unpaired) electrons. The summed E-state index contributed by atoms with van der Waals surface area (Å²) in [7, 11) is 0. The zero-order valence-corrected chi connectivity index (χ0v) is 12.8. The molecule has 0 aromatic heterocycles. The number of amides is 1. The van der Waals surface area contributed by atoms with Gasteiger partial charge in [-0.1, -0.05) is 41.0 Å². The number of nitrogens with one attached hydrogen (secondary N) is 1. The van der Waals surface area contributed by atoms with Gasteiger partial charge >= 0.3 is 0 Å². The van der Waals surface area contributed by atoms with E-state index in [1.807, 2.05) is 20.8 Å². The third kappa shape index (κ3) is 4.27. The van der Waals surface area contributed by atoms with E-state index in [1.165, 1.54) is 6.42 Å². The third-order valence-electron chi connectivity index (χ3n) is 3.73. The van der Waals surface area contributed by atoms with Gasteiger partial charge in [0, 0.05) is 24.5 Å². The maximum absolute atomic E-state index is 12.4. The molecular weight excluding hydrogens is 224 g/mol. The highest BCUT2D eigenvalue weighted by atomic mass is 16.2. The summed E-state index contributed by atoms with van der Waals surface area (Å²) < 4.78 is 0. The van der Waals surface area contributed by atoms with E-state index in [1.54, 1.807) is 0 Å². The second kappa shape index (κ2) is 6.55. The highest BCUT2D eigenvalue weighted by molar-refractivity contribution is 5.81. The third-order valence-corrected chi connectivity index (χ3v) is 3.73. The predicted octanol–water partition coefficient (Wildman–Crippen LogP) is 2.66. The fraction of sp³-hybridized carbons (Fsp3) is 0.933. The summed E-state index contributed by atoms with van der Waals surface area (Å²) in [4.78, 5) is 14.5. The Morgan fingerprint density at radius 2 is 1.94 bits per heavy atom. The number of piperidine rings is 1. The van der Waals surface area contributed by atoms with Gasteiger partial charge < -0.3 is 10.2 Å². The van der Waals surface area contributed by atoms with E-state index in [0.717, 1.165) is 32.5 Å². The van der Waals surface area contributed by atoms with Crippen LogP contribution in [0.15, 0.2) is 0 Å². The van der Waals surface area contributed by atoms with Crippen molar-refractivity contribution in [1.82, 2.24) is 10.2 Å². The molecular formula is C15H30N2O. The fourth-order valence-corrected chi connectivity index (χ4v) is 2.64. The summed E-state index contributed by atoms with van der Waals surface area (Å²) in [5.41, 5.74) is -0.259. The van der Waals surface area contributed by atoms with Crippen molar-refractivity contribution in [2.45, 2.75) is 59.9 Å². The van der Waals surface area contributed by atoms with Crippen LogP contribution in [0.25, 0.3) is 0 Å². The zero-order chi connectivity index (χ0) is 13.8. The van der Waals surface area contributed by atoms with Gasteiger partial charge in [0.2, 0.25) is 5.91 Å². The second-order valence-electron chi connectivity index (χ2n) is 6.62. The summed E-state index contributed by atoms with van der Waals surface area (Å²) in [6.45, 7) is 13.3. The molecule has 18 heavy (non-hydrogen) atoms. The van der Waals surface area contributed by atoms with Crippen molar-refractivity contribution in [3.8, 4) is 0 Å². The molecule has 0 aliphatic carbocycles. The summed E-state index contributed by atoms with van der Waals surface area (Å²) in [6, 6.07) is 0.481. The van der Waals surface area contributed by atoms with Crippen LogP contribution in [0.3, 0.4) is 0 Å². The minimum atomic E-state index is -0.259. The lowest BCUT2D eigenvalue weighted by Crippen LogP contribution is -2.53. The second-order valence-corrected chi connectivity index (χ2v) is 6.62. The molecule has 3 nitrogen and oxygen atoms in total. The van der Waals surface area contributed by atoms with E-state index in [2.05, 4.69) is 24.1 Å². The van der Waals surface area contributed by atoms with E-state index in [4.69, 9.17) is 0 Å². The summed E-state index contributed by atoms with van der Waals surface area (Å²) in [5, 5.41) is 3.58. The molecule has 1 aliphatic heterocycles. The Morgan fingerprint density at radius 3 is 2.44 bits per heavy atom. The molecule has 1 fully saturated rings. The number of nitrogens with zero attached hydrogens (tertiary/aromatic N) is 1. The topological polar surface area (TPSA) is 32.3 Å². The molecule has 1 aliphatic rings. The van der Waals surface area contributed by atoms with Crippen molar-refractivity contribution in [1.29, 1.82) is 0 Å². The molecule has 3 heteroatoms. The van der Waals surface area contributed by atoms with Gasteiger partial charge in [0.25, 0.3) is 0 Å². The fourth-order valence-electron chi connectivity index (χ4n) is 2.64. The van der Waals surface area contributed by atoms with Crippen molar-refractivity contribution < 1.29 is 4.79 Å². The molecule has 1 amide bonds. The van der Waals surface area contributed by atoms with E-state index in [0.29, 0.717) is 17.9 Å². The predicted molar refractivity (Wildman–Crippen MR) is 76.5 cm³/mol. The molecule has 0 aromatic carbocycles. The molecule has 0 spiro atoms. The normalized spacial score (nSPS) is 25.3. The zero-order valence-electron chi connectivity index (χ0n) is 12.8. The molecule has 0 saturated carbocycles. The van der Waals surface area contributed by atoms with Crippen LogP contribution in [0.2, 0.25) is 0 Å². The quantitative estimate of drug-likeness (QED) is 0.836. The lowest BCUT2D eigenvalue weighted by Gasteiger charge is -2.40. The van der Waals surface area contributed by atoms with Gasteiger partial charge in [-0.3, -0.25) is 4.79 Å². The van der Waals surface area contributed by atoms with Gasteiger partial charge in [0.15, 0.2) is 0 Å². The largest absolute Gasteiger partial charge is 0.340 e. The summed E-state index contributed by atoms with van der Waals surface area (Å²) in [6.07, 6.45) is 3.53. The van der Waals surface area contributed by atoms with Gasteiger partial charge in [-0.15, -0.1) is 0 Å². The highest BCUT2D eigenvalue weighted by Gasteiger charge is 2.33. The molecule has 2 unspecified atom stereocenters. The Labute approximate surface area is 112 Å². The molecule has 2 atom stereocenters. The van der Waals surface area contributed by atoms with Crippen LogP contribution in [-0.2, 0) is 4.79 Å². The Hall–Kier alpha value is -0.570. The Morgan fingerprint density at radius 1 is 1.28 bits per heavy atom. The summed E-state index contributed by atoms with van der Waals surface area (Å²) in [5.74, 6) is 0.948. The van der Waals surface area contributed by atoms with Gasteiger partial charge in [-0.2, -0.15) is 0 Å². The number of hydrogen-bond acceptors (Lipinski definition) is 2. The van der Waals surface area contributed by atoms with E-state index >= 15 is 0 Å². The van der Waals surface area contributed by atoms with Gasteiger partial charge in [0.05, 0.1) is 0 Å². The minimum absolute atomic E-state index is 0.259. The molecule has 0 aromatic rings. The molecule has 106 valence electrons. The maximum atomic E-state index is 12.4. The van der Waals surface area contributed by atoms with E-state index in [-0.39, 0.29) is 5.41 Å². The molecule has 1 saturated heterocycles. The van der Waals surface area contributed by atoms with Crippen LogP contribution in [0.1, 0.15) is 53.9 Å². The lowest BCUT2D eigenvalue weighted by molar-refractivity contribution is -0.142. The Bertz CT molecular complexity index is 270. The van der Waals surface area contributed by atoms with Crippen LogP contribution < -0.4 is 5.32 Å². The maximum Gasteiger partial charge on any atom is 0.228 e. The number of carbonyl (C=O) groups excluding carboxylic acids is 1. The minimum Gasteiger partial charge on any atom is -0.340 e. The number of carbonyl (C=O) groups is 1. The molecule has 1 heterocycles. The van der Waals surface area contributed by atoms with E-state index < -0.39 is 0 Å². The number of hydrogen-bond donors (Lipinski definition) is 1. The van der Waals surface area contributed by atoms with Gasteiger partial charge in [-0.25, -0.2) is 0 Å². The van der Waals surface area contributed by atoms with Gasteiger partial charge in [0.1, 0.15) is 0 Å². The Balaban J connectivity index is 2.65. The average molecular weight is 254 g/mol. The van der Waals surface area contributed by atoms with Crippen LogP contribution in [-0.4, -0.2) is 36.5 Å². The number of likely N-dealkylation sites (tertiary alicyclic amines) is 1. The van der Waals surface area contributed by atoms with Crippen LogP contribution in [0.5, 0.6) is 0 Å². The first-order valence-corrected chi connectivity index (χ1v) is 7.41. The monoisotopic (exact) mass is 254 g/mol. The van der Waals surface area contributed by atoms with Crippen LogP contribution >= 0.6 is 0 Å². The van der Waals surface area contributed by atoms with Gasteiger partial charge in [-0.05, 0) is 25.3 Å². The van der Waals surface area contributed by atoms with Crippen LogP contribution in [0.4, 0.5) is 0 Å².